The largest absolute Gasteiger partial charge is 0.373 e. The van der Waals surface area contributed by atoms with Crippen molar-refractivity contribution in [1.29, 1.82) is 0 Å². The maximum Gasteiger partial charge on any atom is 0.292 e. The summed E-state index contributed by atoms with van der Waals surface area (Å²) in [6.07, 6.45) is -0.114. The summed E-state index contributed by atoms with van der Waals surface area (Å²) in [5, 5.41) is 3.71. The minimum absolute atomic E-state index is 0.0953. The molecule has 1 aromatic rings. The van der Waals surface area contributed by atoms with Crippen molar-refractivity contribution in [2.24, 2.45) is 5.73 Å². The van der Waals surface area contributed by atoms with Crippen LogP contribution >= 0.6 is 0 Å². The van der Waals surface area contributed by atoms with Gasteiger partial charge in [-0.25, -0.2) is 0 Å². The van der Waals surface area contributed by atoms with E-state index in [4.69, 9.17) is 15.0 Å². The van der Waals surface area contributed by atoms with Gasteiger partial charge in [0, 0.05) is 25.2 Å². The molecule has 6 heteroatoms. The molecule has 0 aliphatic carbocycles. The van der Waals surface area contributed by atoms with Gasteiger partial charge in [-0.15, -0.1) is 0 Å². The lowest BCUT2D eigenvalue weighted by Crippen LogP contribution is -2.51. The van der Waals surface area contributed by atoms with Gasteiger partial charge in [0.05, 0.1) is 18.4 Å². The average Bonchev–Trinajstić information content (AvgIpc) is 2.75. The van der Waals surface area contributed by atoms with Crippen LogP contribution in [0.15, 0.2) is 10.6 Å². The standard InChI is InChI=1S/C11H17N3O3/c1-7-5-9(17-13-7)11(15)14-3-4-16-10(6-14)8(2)12/h5,8,10H,3-4,6,12H2,1-2H3. The van der Waals surface area contributed by atoms with E-state index in [0.717, 1.165) is 0 Å². The normalized spacial score (nSPS) is 22.5. The molecule has 94 valence electrons. The maximum atomic E-state index is 12.1. The number of hydrogen-bond acceptors (Lipinski definition) is 5. The van der Waals surface area contributed by atoms with Crippen molar-refractivity contribution in [3.63, 3.8) is 0 Å². The van der Waals surface area contributed by atoms with Crippen molar-refractivity contribution in [3.05, 3.63) is 17.5 Å². The number of aromatic nitrogens is 1. The SMILES string of the molecule is Cc1cc(C(=O)N2CCOC(C(C)N)C2)on1. The molecule has 2 atom stereocenters. The summed E-state index contributed by atoms with van der Waals surface area (Å²) in [7, 11) is 0. The molecule has 2 rings (SSSR count). The fourth-order valence-corrected chi connectivity index (χ4v) is 1.80. The van der Waals surface area contributed by atoms with Crippen molar-refractivity contribution in [3.8, 4) is 0 Å². The number of aryl methyl sites for hydroxylation is 1. The number of rotatable bonds is 2. The fourth-order valence-electron chi connectivity index (χ4n) is 1.80. The first-order chi connectivity index (χ1) is 8.08. The number of amides is 1. The van der Waals surface area contributed by atoms with Gasteiger partial charge in [-0.05, 0) is 13.8 Å². The third kappa shape index (κ3) is 2.65. The monoisotopic (exact) mass is 239 g/mol. The van der Waals surface area contributed by atoms with Gasteiger partial charge in [0.25, 0.3) is 5.91 Å². The van der Waals surface area contributed by atoms with Gasteiger partial charge in [0.15, 0.2) is 0 Å². The Morgan fingerprint density at radius 1 is 1.71 bits per heavy atom. The zero-order chi connectivity index (χ0) is 12.4. The second-order valence-corrected chi connectivity index (χ2v) is 4.35. The van der Waals surface area contributed by atoms with Gasteiger partial charge >= 0.3 is 0 Å². The van der Waals surface area contributed by atoms with Crippen LogP contribution < -0.4 is 5.73 Å². The van der Waals surface area contributed by atoms with Crippen LogP contribution in [0.25, 0.3) is 0 Å². The molecule has 0 bridgehead atoms. The van der Waals surface area contributed by atoms with Crippen LogP contribution in [-0.2, 0) is 4.74 Å². The number of nitrogens with zero attached hydrogens (tertiary/aromatic N) is 2. The van der Waals surface area contributed by atoms with E-state index in [1.807, 2.05) is 6.92 Å². The summed E-state index contributed by atoms with van der Waals surface area (Å²) in [4.78, 5) is 13.8. The van der Waals surface area contributed by atoms with Crippen LogP contribution in [0, 0.1) is 6.92 Å². The molecule has 1 aliphatic heterocycles. The van der Waals surface area contributed by atoms with E-state index in [2.05, 4.69) is 5.16 Å². The van der Waals surface area contributed by atoms with Gasteiger partial charge in [-0.2, -0.15) is 0 Å². The van der Waals surface area contributed by atoms with Crippen LogP contribution in [0.3, 0.4) is 0 Å². The van der Waals surface area contributed by atoms with E-state index in [-0.39, 0.29) is 23.8 Å². The minimum Gasteiger partial charge on any atom is -0.373 e. The molecule has 0 radical (unpaired) electrons. The molecule has 1 amide bonds. The van der Waals surface area contributed by atoms with Crippen LogP contribution in [0.5, 0.6) is 0 Å². The third-order valence-electron chi connectivity index (χ3n) is 2.81. The van der Waals surface area contributed by atoms with E-state index in [1.54, 1.807) is 17.9 Å². The summed E-state index contributed by atoms with van der Waals surface area (Å²) in [5.41, 5.74) is 6.47. The summed E-state index contributed by atoms with van der Waals surface area (Å²) in [6.45, 7) is 5.21. The van der Waals surface area contributed by atoms with E-state index >= 15 is 0 Å². The molecule has 6 nitrogen and oxygen atoms in total. The Labute approximate surface area is 99.7 Å². The molecule has 2 unspecified atom stereocenters. The highest BCUT2D eigenvalue weighted by atomic mass is 16.5. The van der Waals surface area contributed by atoms with Crippen LogP contribution in [0.2, 0.25) is 0 Å². The Balaban J connectivity index is 2.04. The van der Waals surface area contributed by atoms with Crippen molar-refractivity contribution in [2.45, 2.75) is 26.0 Å². The number of nitrogens with two attached hydrogens (primary N) is 1. The van der Waals surface area contributed by atoms with Gasteiger partial charge in [0.1, 0.15) is 0 Å². The van der Waals surface area contributed by atoms with Gasteiger partial charge in [-0.1, -0.05) is 5.16 Å². The van der Waals surface area contributed by atoms with Gasteiger partial charge in [-0.3, -0.25) is 4.79 Å². The Morgan fingerprint density at radius 2 is 2.47 bits per heavy atom. The van der Waals surface area contributed by atoms with Gasteiger partial charge < -0.3 is 19.9 Å². The molecule has 1 fully saturated rings. The predicted molar refractivity (Wildman–Crippen MR) is 60.5 cm³/mol. The highest BCUT2D eigenvalue weighted by Crippen LogP contribution is 2.12. The zero-order valence-electron chi connectivity index (χ0n) is 10.0. The molecule has 0 aromatic carbocycles. The number of hydrogen-bond donors (Lipinski definition) is 1. The Hall–Kier alpha value is -1.40. The van der Waals surface area contributed by atoms with E-state index in [0.29, 0.717) is 25.4 Å². The molecule has 17 heavy (non-hydrogen) atoms. The lowest BCUT2D eigenvalue weighted by molar-refractivity contribution is -0.0310. The number of ether oxygens (including phenoxy) is 1. The second-order valence-electron chi connectivity index (χ2n) is 4.35. The second kappa shape index (κ2) is 4.85. The first-order valence-corrected chi connectivity index (χ1v) is 5.67. The number of carbonyl (C=O) groups is 1. The molecule has 2 heterocycles. The summed E-state index contributed by atoms with van der Waals surface area (Å²) in [5.74, 6) is 0.118. The molecule has 2 N–H and O–H groups in total. The van der Waals surface area contributed by atoms with E-state index in [1.165, 1.54) is 0 Å². The number of carbonyl (C=O) groups excluding carboxylic acids is 1. The Kier molecular flexibility index (Phi) is 3.44. The molecular formula is C11H17N3O3. The first-order valence-electron chi connectivity index (χ1n) is 5.67. The lowest BCUT2D eigenvalue weighted by Gasteiger charge is -2.34. The molecule has 0 spiro atoms. The van der Waals surface area contributed by atoms with E-state index < -0.39 is 0 Å². The quantitative estimate of drug-likeness (QED) is 0.795. The summed E-state index contributed by atoms with van der Waals surface area (Å²) < 4.78 is 10.5. The molecule has 0 saturated carbocycles. The Morgan fingerprint density at radius 3 is 3.06 bits per heavy atom. The summed E-state index contributed by atoms with van der Waals surface area (Å²) >= 11 is 0. The summed E-state index contributed by atoms with van der Waals surface area (Å²) in [6, 6.07) is 1.54. The molecule has 1 aromatic heterocycles. The van der Waals surface area contributed by atoms with Crippen molar-refractivity contribution < 1.29 is 14.1 Å². The molecule has 1 saturated heterocycles. The highest BCUT2D eigenvalue weighted by Gasteiger charge is 2.28. The average molecular weight is 239 g/mol. The topological polar surface area (TPSA) is 81.6 Å². The smallest absolute Gasteiger partial charge is 0.292 e. The number of morpholine rings is 1. The van der Waals surface area contributed by atoms with E-state index in [9.17, 15) is 4.79 Å². The van der Waals surface area contributed by atoms with Crippen LogP contribution in [-0.4, -0.2) is 47.8 Å². The fraction of sp³-hybridized carbons (Fsp3) is 0.636. The maximum absolute atomic E-state index is 12.1. The highest BCUT2D eigenvalue weighted by molar-refractivity contribution is 5.91. The first kappa shape index (κ1) is 12.1. The van der Waals surface area contributed by atoms with Crippen LogP contribution in [0.4, 0.5) is 0 Å². The van der Waals surface area contributed by atoms with Gasteiger partial charge in [0.2, 0.25) is 5.76 Å². The predicted octanol–water partition coefficient (Wildman–Crippen LogP) is 0.171. The van der Waals surface area contributed by atoms with Crippen molar-refractivity contribution >= 4 is 5.91 Å². The Bertz CT molecular complexity index is 402. The third-order valence-corrected chi connectivity index (χ3v) is 2.81. The molecular weight excluding hydrogens is 222 g/mol. The van der Waals surface area contributed by atoms with Crippen LogP contribution in [0.1, 0.15) is 23.2 Å². The lowest BCUT2D eigenvalue weighted by atomic mass is 10.1. The minimum atomic E-state index is -0.153. The van der Waals surface area contributed by atoms with Crippen molar-refractivity contribution in [2.75, 3.05) is 19.7 Å². The van der Waals surface area contributed by atoms with Crippen molar-refractivity contribution in [1.82, 2.24) is 10.1 Å². The molecule has 1 aliphatic rings. The zero-order valence-corrected chi connectivity index (χ0v) is 10.0.